The third-order valence-electron chi connectivity index (χ3n) is 3.76. The second kappa shape index (κ2) is 8.44. The highest BCUT2D eigenvalue weighted by atomic mass is 32.2. The van der Waals surface area contributed by atoms with Gasteiger partial charge in [0.25, 0.3) is 0 Å². The highest BCUT2D eigenvalue weighted by Crippen LogP contribution is 2.18. The van der Waals surface area contributed by atoms with Crippen molar-refractivity contribution in [1.29, 1.82) is 0 Å². The zero-order chi connectivity index (χ0) is 15.1. The third kappa shape index (κ3) is 5.71. The Bertz CT molecular complexity index is 439. The molecule has 1 amide bonds. The summed E-state index contributed by atoms with van der Waals surface area (Å²) in [6, 6.07) is 8.69. The van der Waals surface area contributed by atoms with Crippen LogP contribution in [0.4, 0.5) is 0 Å². The lowest BCUT2D eigenvalue weighted by Gasteiger charge is -2.09. The topological polar surface area (TPSA) is 38.3 Å². The molecule has 0 radical (unpaired) electrons. The minimum Gasteiger partial charge on any atom is -0.381 e. The summed E-state index contributed by atoms with van der Waals surface area (Å²) in [7, 11) is 0. The first-order chi connectivity index (χ1) is 10.1. The molecule has 1 aromatic rings. The number of benzene rings is 1. The number of hydrogen-bond donors (Lipinski definition) is 1. The molecule has 1 heterocycles. The van der Waals surface area contributed by atoms with Gasteiger partial charge in [0.05, 0.1) is 12.4 Å². The van der Waals surface area contributed by atoms with Gasteiger partial charge in [0.15, 0.2) is 0 Å². The molecule has 21 heavy (non-hydrogen) atoms. The summed E-state index contributed by atoms with van der Waals surface area (Å²) in [4.78, 5) is 11.8. The van der Waals surface area contributed by atoms with Crippen LogP contribution in [0.15, 0.2) is 24.3 Å². The fraction of sp³-hybridized carbons (Fsp3) is 0.588. The van der Waals surface area contributed by atoms with Crippen molar-refractivity contribution in [3.05, 3.63) is 35.4 Å². The predicted molar refractivity (Wildman–Crippen MR) is 88.6 cm³/mol. The summed E-state index contributed by atoms with van der Waals surface area (Å²) in [5.74, 6) is 2.61. The minimum atomic E-state index is 0.130. The zero-order valence-electron chi connectivity index (χ0n) is 12.9. The standard InChI is InChI=1S/C17H25NO2S/c1-13(2)16-5-3-14(4-6-16)11-21-12-17(19)18-9-15-7-8-20-10-15/h3-6,13,15H,7-12H2,1-2H3,(H,18,19)/t15-/m0/s1. The smallest absolute Gasteiger partial charge is 0.230 e. The molecule has 1 aliphatic rings. The molecule has 0 saturated carbocycles. The number of hydrogen-bond acceptors (Lipinski definition) is 3. The van der Waals surface area contributed by atoms with Crippen LogP contribution >= 0.6 is 11.8 Å². The largest absolute Gasteiger partial charge is 0.381 e. The van der Waals surface area contributed by atoms with Crippen molar-refractivity contribution in [1.82, 2.24) is 5.32 Å². The number of thioether (sulfide) groups is 1. The molecule has 4 heteroatoms. The van der Waals surface area contributed by atoms with Gasteiger partial charge >= 0.3 is 0 Å². The van der Waals surface area contributed by atoms with Crippen molar-refractivity contribution in [2.75, 3.05) is 25.5 Å². The van der Waals surface area contributed by atoms with Crippen molar-refractivity contribution in [2.45, 2.75) is 31.9 Å². The van der Waals surface area contributed by atoms with Crippen molar-refractivity contribution in [3.8, 4) is 0 Å². The number of nitrogens with one attached hydrogen (secondary N) is 1. The quantitative estimate of drug-likeness (QED) is 0.841. The van der Waals surface area contributed by atoms with E-state index in [2.05, 4.69) is 43.4 Å². The van der Waals surface area contributed by atoms with Crippen LogP contribution in [0.3, 0.4) is 0 Å². The third-order valence-corrected chi connectivity index (χ3v) is 4.76. The predicted octanol–water partition coefficient (Wildman–Crippen LogP) is 3.20. The molecule has 1 fully saturated rings. The average molecular weight is 307 g/mol. The molecule has 0 spiro atoms. The summed E-state index contributed by atoms with van der Waals surface area (Å²) < 4.78 is 5.30. The normalized spacial score (nSPS) is 18.1. The van der Waals surface area contributed by atoms with Crippen molar-refractivity contribution < 1.29 is 9.53 Å². The Hall–Kier alpha value is -1.00. The van der Waals surface area contributed by atoms with Gasteiger partial charge in [-0.25, -0.2) is 0 Å². The lowest BCUT2D eigenvalue weighted by molar-refractivity contribution is -0.118. The second-order valence-electron chi connectivity index (χ2n) is 5.92. The molecular weight excluding hydrogens is 282 g/mol. The Morgan fingerprint density at radius 3 is 2.76 bits per heavy atom. The molecule has 1 saturated heterocycles. The van der Waals surface area contributed by atoms with E-state index in [-0.39, 0.29) is 5.91 Å². The number of ether oxygens (including phenoxy) is 1. The molecule has 1 atom stereocenters. The van der Waals surface area contributed by atoms with Gasteiger partial charge in [-0.2, -0.15) is 0 Å². The number of rotatable bonds is 7. The SMILES string of the molecule is CC(C)c1ccc(CSCC(=O)NC[C@@H]2CCOC2)cc1. The highest BCUT2D eigenvalue weighted by Gasteiger charge is 2.16. The van der Waals surface area contributed by atoms with Crippen molar-refractivity contribution in [2.24, 2.45) is 5.92 Å². The first-order valence-corrected chi connectivity index (χ1v) is 8.81. The minimum absolute atomic E-state index is 0.130. The van der Waals surface area contributed by atoms with Crippen LogP contribution in [0.2, 0.25) is 0 Å². The maximum Gasteiger partial charge on any atom is 0.230 e. The molecule has 2 rings (SSSR count). The number of carbonyl (C=O) groups excluding carboxylic acids is 1. The van der Waals surface area contributed by atoms with E-state index in [1.165, 1.54) is 11.1 Å². The van der Waals surface area contributed by atoms with Gasteiger partial charge in [-0.1, -0.05) is 38.1 Å². The van der Waals surface area contributed by atoms with Crippen LogP contribution in [0.1, 0.15) is 37.3 Å². The highest BCUT2D eigenvalue weighted by molar-refractivity contribution is 7.99. The van der Waals surface area contributed by atoms with Crippen LogP contribution in [0.5, 0.6) is 0 Å². The Morgan fingerprint density at radius 2 is 2.14 bits per heavy atom. The molecule has 0 aliphatic carbocycles. The van der Waals surface area contributed by atoms with Gasteiger partial charge in [0.1, 0.15) is 0 Å². The van der Waals surface area contributed by atoms with Gasteiger partial charge < -0.3 is 10.1 Å². The fourth-order valence-corrected chi connectivity index (χ4v) is 3.13. The van der Waals surface area contributed by atoms with Gasteiger partial charge in [-0.05, 0) is 23.5 Å². The van der Waals surface area contributed by atoms with Crippen molar-refractivity contribution in [3.63, 3.8) is 0 Å². The monoisotopic (exact) mass is 307 g/mol. The lowest BCUT2D eigenvalue weighted by atomic mass is 10.0. The Balaban J connectivity index is 1.62. The van der Waals surface area contributed by atoms with Crippen molar-refractivity contribution >= 4 is 17.7 Å². The first kappa shape index (κ1) is 16.4. The van der Waals surface area contributed by atoms with E-state index in [4.69, 9.17) is 4.74 Å². The number of amides is 1. The van der Waals surface area contributed by atoms with E-state index in [1.54, 1.807) is 11.8 Å². The van der Waals surface area contributed by atoms with E-state index in [1.807, 2.05) is 0 Å². The first-order valence-electron chi connectivity index (χ1n) is 7.66. The second-order valence-corrected chi connectivity index (χ2v) is 6.91. The van der Waals surface area contributed by atoms with E-state index < -0.39 is 0 Å². The van der Waals surface area contributed by atoms with Crippen LogP contribution in [-0.4, -0.2) is 31.4 Å². The molecule has 116 valence electrons. The van der Waals surface area contributed by atoms with Crippen LogP contribution < -0.4 is 5.32 Å². The maximum atomic E-state index is 11.8. The zero-order valence-corrected chi connectivity index (χ0v) is 13.7. The average Bonchev–Trinajstić information content (AvgIpc) is 2.99. The summed E-state index contributed by atoms with van der Waals surface area (Å²) in [5.41, 5.74) is 2.64. The molecule has 3 nitrogen and oxygen atoms in total. The number of carbonyl (C=O) groups is 1. The van der Waals surface area contributed by atoms with E-state index >= 15 is 0 Å². The molecule has 0 unspecified atom stereocenters. The van der Waals surface area contributed by atoms with Gasteiger partial charge in [-0.15, -0.1) is 11.8 Å². The van der Waals surface area contributed by atoms with E-state index in [9.17, 15) is 4.79 Å². The fourth-order valence-electron chi connectivity index (χ4n) is 2.31. The van der Waals surface area contributed by atoms with E-state index in [0.717, 1.165) is 31.9 Å². The summed E-state index contributed by atoms with van der Waals surface area (Å²) >= 11 is 1.67. The maximum absolute atomic E-state index is 11.8. The summed E-state index contributed by atoms with van der Waals surface area (Å²) in [6.07, 6.45) is 1.07. The lowest BCUT2D eigenvalue weighted by Crippen LogP contribution is -2.30. The summed E-state index contributed by atoms with van der Waals surface area (Å²) in [5, 5.41) is 3.00. The van der Waals surface area contributed by atoms with Crippen LogP contribution in [-0.2, 0) is 15.3 Å². The Morgan fingerprint density at radius 1 is 1.38 bits per heavy atom. The molecule has 0 aromatic heterocycles. The molecule has 1 N–H and O–H groups in total. The van der Waals surface area contributed by atoms with Gasteiger partial charge in [-0.3, -0.25) is 4.79 Å². The Labute approximate surface area is 131 Å². The molecule has 1 aliphatic heterocycles. The van der Waals surface area contributed by atoms with Gasteiger partial charge in [0, 0.05) is 24.8 Å². The molecular formula is C17H25NO2S. The Kier molecular flexibility index (Phi) is 6.58. The van der Waals surface area contributed by atoms with Crippen LogP contribution in [0.25, 0.3) is 0 Å². The van der Waals surface area contributed by atoms with E-state index in [0.29, 0.717) is 17.6 Å². The molecule has 0 bridgehead atoms. The van der Waals surface area contributed by atoms with Crippen LogP contribution in [0, 0.1) is 5.92 Å². The summed E-state index contributed by atoms with van der Waals surface area (Å²) in [6.45, 7) is 6.77. The van der Waals surface area contributed by atoms with Gasteiger partial charge in [0.2, 0.25) is 5.91 Å². The molecule has 1 aromatic carbocycles.